The highest BCUT2D eigenvalue weighted by molar-refractivity contribution is 9.10. The van der Waals surface area contributed by atoms with Crippen molar-refractivity contribution in [2.45, 2.75) is 26.8 Å². The number of carbonyl (C=O) groups excluding carboxylic acids is 1. The number of thiazole rings is 1. The van der Waals surface area contributed by atoms with Crippen LogP contribution in [0.5, 0.6) is 0 Å². The van der Waals surface area contributed by atoms with Crippen LogP contribution < -0.4 is 0 Å². The number of rotatable bonds is 5. The maximum absolute atomic E-state index is 13.6. The second kappa shape index (κ2) is 8.31. The molecule has 1 aromatic heterocycles. The number of aromatic nitrogens is 1. The number of carbonyl (C=O) groups is 1. The molecule has 0 amide bonds. The van der Waals surface area contributed by atoms with Gasteiger partial charge in [0, 0.05) is 28.3 Å². The first kappa shape index (κ1) is 19.7. The number of benzene rings is 1. The van der Waals surface area contributed by atoms with E-state index in [1.54, 1.807) is 19.2 Å². The van der Waals surface area contributed by atoms with Crippen LogP contribution in [-0.2, 0) is 9.53 Å². The molecule has 0 radical (unpaired) electrons. The van der Waals surface area contributed by atoms with E-state index in [2.05, 4.69) is 20.9 Å². The Hall–Kier alpha value is -2.06. The van der Waals surface area contributed by atoms with Crippen LogP contribution in [0.25, 0.3) is 0 Å². The molecular weight excluding hydrogens is 433 g/mol. The molecule has 0 aliphatic carbocycles. The molecule has 0 bridgehead atoms. The molecule has 0 spiro atoms. The number of aliphatic imine (C=N–C) groups is 1. The highest BCUT2D eigenvalue weighted by atomic mass is 79.9. The van der Waals surface area contributed by atoms with E-state index in [0.717, 1.165) is 10.7 Å². The van der Waals surface area contributed by atoms with E-state index in [9.17, 15) is 9.18 Å². The molecule has 0 fully saturated rings. The van der Waals surface area contributed by atoms with Gasteiger partial charge >= 0.3 is 5.97 Å². The molecule has 8 heteroatoms. The summed E-state index contributed by atoms with van der Waals surface area (Å²) in [6, 6.07) is 3.77. The van der Waals surface area contributed by atoms with Crippen molar-refractivity contribution >= 4 is 39.1 Å². The summed E-state index contributed by atoms with van der Waals surface area (Å²) in [6.45, 7) is 6.53. The smallest absolute Gasteiger partial charge is 0.338 e. The SMILES string of the molecule is CCOC(=O)C1=C(C)N(CC)C(c2nccs2)=NC1c1ccc(F)cc1Br. The Labute approximate surface area is 169 Å². The topological polar surface area (TPSA) is 54.8 Å². The fourth-order valence-electron chi connectivity index (χ4n) is 3.07. The molecule has 0 saturated carbocycles. The number of nitrogens with zero attached hydrogens (tertiary/aromatic N) is 3. The molecule has 1 unspecified atom stereocenters. The Morgan fingerprint density at radius 3 is 2.78 bits per heavy atom. The van der Waals surface area contributed by atoms with E-state index >= 15 is 0 Å². The number of ether oxygens (including phenoxy) is 1. The average Bonchev–Trinajstić information content (AvgIpc) is 3.15. The maximum Gasteiger partial charge on any atom is 0.338 e. The summed E-state index contributed by atoms with van der Waals surface area (Å²) in [5.41, 5.74) is 1.91. The van der Waals surface area contributed by atoms with Crippen molar-refractivity contribution in [2.24, 2.45) is 4.99 Å². The van der Waals surface area contributed by atoms with Crippen LogP contribution in [0.4, 0.5) is 4.39 Å². The van der Waals surface area contributed by atoms with Crippen molar-refractivity contribution < 1.29 is 13.9 Å². The quantitative estimate of drug-likeness (QED) is 0.617. The lowest BCUT2D eigenvalue weighted by Gasteiger charge is -2.33. The van der Waals surface area contributed by atoms with Crippen LogP contribution in [0.3, 0.4) is 0 Å². The lowest BCUT2D eigenvalue weighted by molar-refractivity contribution is -0.139. The number of hydrogen-bond acceptors (Lipinski definition) is 6. The molecule has 1 aromatic carbocycles. The first-order valence-corrected chi connectivity index (χ1v) is 10.2. The predicted octanol–water partition coefficient (Wildman–Crippen LogP) is 4.71. The molecule has 5 nitrogen and oxygen atoms in total. The molecular formula is C19H19BrFN3O2S. The van der Waals surface area contributed by atoms with Gasteiger partial charge in [0.1, 0.15) is 11.9 Å². The van der Waals surface area contributed by atoms with Crippen molar-refractivity contribution in [1.29, 1.82) is 0 Å². The lowest BCUT2D eigenvalue weighted by Crippen LogP contribution is -2.37. The van der Waals surface area contributed by atoms with Gasteiger partial charge in [0.15, 0.2) is 10.8 Å². The zero-order valence-corrected chi connectivity index (χ0v) is 17.6. The van der Waals surface area contributed by atoms with Gasteiger partial charge in [-0.25, -0.2) is 14.2 Å². The fraction of sp³-hybridized carbons (Fsp3) is 0.316. The predicted molar refractivity (Wildman–Crippen MR) is 107 cm³/mol. The number of halogens is 2. The highest BCUT2D eigenvalue weighted by Crippen LogP contribution is 2.39. The first-order chi connectivity index (χ1) is 13.0. The Kier molecular flexibility index (Phi) is 6.06. The monoisotopic (exact) mass is 451 g/mol. The third-order valence-corrected chi connectivity index (χ3v) is 5.72. The van der Waals surface area contributed by atoms with Crippen molar-refractivity contribution in [3.63, 3.8) is 0 Å². The Morgan fingerprint density at radius 2 is 2.19 bits per heavy atom. The summed E-state index contributed by atoms with van der Waals surface area (Å²) in [5.74, 6) is -0.0879. The normalized spacial score (nSPS) is 17.1. The van der Waals surface area contributed by atoms with Gasteiger partial charge in [-0.3, -0.25) is 4.99 Å². The van der Waals surface area contributed by atoms with Gasteiger partial charge in [-0.1, -0.05) is 22.0 Å². The van der Waals surface area contributed by atoms with Gasteiger partial charge in [-0.2, -0.15) is 0 Å². The molecule has 0 N–H and O–H groups in total. The summed E-state index contributed by atoms with van der Waals surface area (Å²) in [5, 5.41) is 2.65. The number of allylic oxidation sites excluding steroid dienone is 1. The van der Waals surface area contributed by atoms with Gasteiger partial charge in [-0.05, 0) is 38.5 Å². The van der Waals surface area contributed by atoms with E-state index in [1.165, 1.54) is 23.5 Å². The summed E-state index contributed by atoms with van der Waals surface area (Å²) in [4.78, 5) is 23.9. The molecule has 2 heterocycles. The van der Waals surface area contributed by atoms with Crippen LogP contribution in [0, 0.1) is 5.82 Å². The van der Waals surface area contributed by atoms with Crippen molar-refractivity contribution in [2.75, 3.05) is 13.2 Å². The Bertz CT molecular complexity index is 912. The highest BCUT2D eigenvalue weighted by Gasteiger charge is 2.35. The second-order valence-electron chi connectivity index (χ2n) is 5.82. The summed E-state index contributed by atoms with van der Waals surface area (Å²) < 4.78 is 19.4. The van der Waals surface area contributed by atoms with Gasteiger partial charge in [0.25, 0.3) is 0 Å². The van der Waals surface area contributed by atoms with E-state index in [0.29, 0.717) is 28.0 Å². The molecule has 3 rings (SSSR count). The van der Waals surface area contributed by atoms with E-state index in [4.69, 9.17) is 9.73 Å². The molecule has 142 valence electrons. The van der Waals surface area contributed by atoms with Crippen LogP contribution in [0.1, 0.15) is 37.4 Å². The van der Waals surface area contributed by atoms with Gasteiger partial charge in [0.2, 0.25) is 0 Å². The van der Waals surface area contributed by atoms with Crippen LogP contribution in [-0.4, -0.2) is 34.8 Å². The van der Waals surface area contributed by atoms with Crippen molar-refractivity contribution in [3.8, 4) is 0 Å². The number of hydrogen-bond donors (Lipinski definition) is 0. The van der Waals surface area contributed by atoms with E-state index in [1.807, 2.05) is 24.1 Å². The first-order valence-electron chi connectivity index (χ1n) is 8.55. The zero-order valence-electron chi connectivity index (χ0n) is 15.2. The van der Waals surface area contributed by atoms with Crippen molar-refractivity contribution in [1.82, 2.24) is 9.88 Å². The minimum atomic E-state index is -0.610. The minimum Gasteiger partial charge on any atom is -0.463 e. The maximum atomic E-state index is 13.6. The fourth-order valence-corrected chi connectivity index (χ4v) is 4.27. The van der Waals surface area contributed by atoms with Crippen LogP contribution in [0.15, 0.2) is 50.5 Å². The minimum absolute atomic E-state index is 0.266. The summed E-state index contributed by atoms with van der Waals surface area (Å²) >= 11 is 4.89. The number of amidine groups is 1. The molecule has 1 aliphatic rings. The third-order valence-electron chi connectivity index (χ3n) is 4.27. The van der Waals surface area contributed by atoms with Gasteiger partial charge < -0.3 is 9.64 Å². The van der Waals surface area contributed by atoms with E-state index in [-0.39, 0.29) is 12.4 Å². The Balaban J connectivity index is 2.20. The Morgan fingerprint density at radius 1 is 1.41 bits per heavy atom. The summed E-state index contributed by atoms with van der Waals surface area (Å²) in [6.07, 6.45) is 1.72. The molecule has 1 atom stereocenters. The summed E-state index contributed by atoms with van der Waals surface area (Å²) in [7, 11) is 0. The molecule has 27 heavy (non-hydrogen) atoms. The van der Waals surface area contributed by atoms with Crippen LogP contribution >= 0.6 is 27.3 Å². The standard InChI is InChI=1S/C19H19BrFN3O2S/c1-4-24-11(3)15(19(25)26-5-2)16(13-7-6-12(21)10-14(13)20)23-17(24)18-22-8-9-27-18/h6-10,16H,4-5H2,1-3H3. The molecule has 0 saturated heterocycles. The van der Waals surface area contributed by atoms with Gasteiger partial charge in [0.05, 0.1) is 12.2 Å². The van der Waals surface area contributed by atoms with Crippen molar-refractivity contribution in [3.05, 3.63) is 61.9 Å². The van der Waals surface area contributed by atoms with Gasteiger partial charge in [-0.15, -0.1) is 11.3 Å². The third kappa shape index (κ3) is 3.82. The molecule has 2 aromatic rings. The largest absolute Gasteiger partial charge is 0.463 e. The lowest BCUT2D eigenvalue weighted by atomic mass is 9.95. The van der Waals surface area contributed by atoms with E-state index < -0.39 is 12.0 Å². The average molecular weight is 452 g/mol. The zero-order chi connectivity index (χ0) is 19.6. The number of esters is 1. The second-order valence-corrected chi connectivity index (χ2v) is 7.57. The van der Waals surface area contributed by atoms with Crippen LogP contribution in [0.2, 0.25) is 0 Å². The molecule has 1 aliphatic heterocycles.